The Hall–Kier alpha value is -2.10. The lowest BCUT2D eigenvalue weighted by Crippen LogP contribution is -2.26. The summed E-state index contributed by atoms with van der Waals surface area (Å²) in [7, 11) is 1.72. The zero-order chi connectivity index (χ0) is 12.4. The summed E-state index contributed by atoms with van der Waals surface area (Å²) in [4.78, 5) is 17.8. The molecular formula is C13H14N2O2. The summed E-state index contributed by atoms with van der Waals surface area (Å²) in [6.45, 7) is 3.49. The van der Waals surface area contributed by atoms with Gasteiger partial charge in [0.2, 0.25) is 5.76 Å². The van der Waals surface area contributed by atoms with Crippen molar-refractivity contribution in [3.63, 3.8) is 0 Å². The van der Waals surface area contributed by atoms with Crippen LogP contribution in [0.3, 0.4) is 0 Å². The number of rotatable bonds is 2. The van der Waals surface area contributed by atoms with Gasteiger partial charge in [-0.25, -0.2) is 4.98 Å². The summed E-state index contributed by atoms with van der Waals surface area (Å²) in [5, 5.41) is 0. The molecule has 0 aliphatic heterocycles. The lowest BCUT2D eigenvalue weighted by Gasteiger charge is -2.15. The molecule has 0 bridgehead atoms. The van der Waals surface area contributed by atoms with Crippen LogP contribution in [-0.2, 0) is 0 Å². The molecule has 0 fully saturated rings. The minimum absolute atomic E-state index is 0.186. The van der Waals surface area contributed by atoms with Crippen LogP contribution in [0.2, 0.25) is 0 Å². The Balaban J connectivity index is 2.30. The first kappa shape index (κ1) is 11.4. The number of oxazole rings is 1. The molecule has 88 valence electrons. The van der Waals surface area contributed by atoms with Gasteiger partial charge >= 0.3 is 0 Å². The molecule has 4 heteroatoms. The highest BCUT2D eigenvalue weighted by atomic mass is 16.4. The molecule has 0 aliphatic rings. The van der Waals surface area contributed by atoms with E-state index < -0.39 is 0 Å². The fourth-order valence-corrected chi connectivity index (χ4v) is 1.65. The fraction of sp³-hybridized carbons (Fsp3) is 0.231. The zero-order valence-corrected chi connectivity index (χ0v) is 10.1. The number of nitrogens with zero attached hydrogens (tertiary/aromatic N) is 2. The number of carbonyl (C=O) groups excluding carboxylic acids is 1. The van der Waals surface area contributed by atoms with E-state index in [1.54, 1.807) is 25.8 Å². The summed E-state index contributed by atoms with van der Waals surface area (Å²) in [6.07, 6.45) is 0. The number of para-hydroxylation sites is 1. The summed E-state index contributed by atoms with van der Waals surface area (Å²) in [5.41, 5.74) is 1.45. The number of aryl methyl sites for hydroxylation is 2. The van der Waals surface area contributed by atoms with Crippen LogP contribution in [0.25, 0.3) is 0 Å². The van der Waals surface area contributed by atoms with Crippen LogP contribution >= 0.6 is 0 Å². The van der Waals surface area contributed by atoms with Crippen LogP contribution in [-0.4, -0.2) is 17.9 Å². The smallest absolute Gasteiger partial charge is 0.295 e. The minimum atomic E-state index is -0.186. The molecule has 1 aromatic heterocycles. The van der Waals surface area contributed by atoms with Crippen molar-refractivity contribution in [3.8, 4) is 0 Å². The molecule has 0 spiro atoms. The second-order valence-corrected chi connectivity index (χ2v) is 3.85. The van der Waals surface area contributed by atoms with Crippen LogP contribution in [0.15, 0.2) is 34.7 Å². The van der Waals surface area contributed by atoms with E-state index in [1.165, 1.54) is 0 Å². The number of amides is 1. The van der Waals surface area contributed by atoms with Crippen molar-refractivity contribution in [3.05, 3.63) is 47.7 Å². The summed E-state index contributed by atoms with van der Waals surface area (Å²) in [5.74, 6) is 0.621. The van der Waals surface area contributed by atoms with Gasteiger partial charge in [-0.1, -0.05) is 18.2 Å². The first-order valence-electron chi connectivity index (χ1n) is 5.36. The number of anilines is 1. The average Bonchev–Trinajstić information content (AvgIpc) is 2.68. The highest BCUT2D eigenvalue weighted by Gasteiger charge is 2.20. The Kier molecular flexibility index (Phi) is 2.95. The van der Waals surface area contributed by atoms with Gasteiger partial charge < -0.3 is 9.32 Å². The fourth-order valence-electron chi connectivity index (χ4n) is 1.65. The van der Waals surface area contributed by atoms with Gasteiger partial charge in [-0.05, 0) is 19.1 Å². The highest BCUT2D eigenvalue weighted by Crippen LogP contribution is 2.17. The van der Waals surface area contributed by atoms with Gasteiger partial charge in [0.15, 0.2) is 5.89 Å². The van der Waals surface area contributed by atoms with E-state index in [0.29, 0.717) is 17.3 Å². The van der Waals surface area contributed by atoms with Crippen LogP contribution in [0.5, 0.6) is 0 Å². The standard InChI is InChI=1S/C13H14N2O2/c1-9-12(17-10(2)14-9)13(16)15(3)11-7-5-4-6-8-11/h4-8H,1-3H3. The molecule has 1 amide bonds. The van der Waals surface area contributed by atoms with Gasteiger partial charge in [0.25, 0.3) is 5.91 Å². The first-order valence-corrected chi connectivity index (χ1v) is 5.36. The maximum atomic E-state index is 12.2. The Morgan fingerprint density at radius 1 is 1.24 bits per heavy atom. The van der Waals surface area contributed by atoms with Gasteiger partial charge in [-0.2, -0.15) is 0 Å². The number of aromatic nitrogens is 1. The van der Waals surface area contributed by atoms with Crippen LogP contribution < -0.4 is 4.90 Å². The van der Waals surface area contributed by atoms with Gasteiger partial charge in [0.05, 0.1) is 5.69 Å². The largest absolute Gasteiger partial charge is 0.436 e. The Morgan fingerprint density at radius 2 is 1.88 bits per heavy atom. The molecule has 0 aliphatic carbocycles. The van der Waals surface area contributed by atoms with E-state index in [1.807, 2.05) is 30.3 Å². The van der Waals surface area contributed by atoms with Crippen molar-refractivity contribution in [2.24, 2.45) is 0 Å². The van der Waals surface area contributed by atoms with E-state index >= 15 is 0 Å². The van der Waals surface area contributed by atoms with E-state index in [2.05, 4.69) is 4.98 Å². The minimum Gasteiger partial charge on any atom is -0.436 e. The van der Waals surface area contributed by atoms with Crippen molar-refractivity contribution < 1.29 is 9.21 Å². The number of benzene rings is 1. The molecule has 0 atom stereocenters. The topological polar surface area (TPSA) is 46.3 Å². The van der Waals surface area contributed by atoms with Crippen molar-refractivity contribution in [2.45, 2.75) is 13.8 Å². The monoisotopic (exact) mass is 230 g/mol. The van der Waals surface area contributed by atoms with E-state index in [-0.39, 0.29) is 5.91 Å². The second-order valence-electron chi connectivity index (χ2n) is 3.85. The molecule has 0 unspecified atom stereocenters. The first-order chi connectivity index (χ1) is 8.09. The predicted octanol–water partition coefficient (Wildman–Crippen LogP) is 2.57. The molecule has 4 nitrogen and oxygen atoms in total. The molecule has 2 rings (SSSR count). The third-order valence-electron chi connectivity index (χ3n) is 2.55. The lowest BCUT2D eigenvalue weighted by molar-refractivity contribution is 0.0964. The second kappa shape index (κ2) is 4.41. The summed E-state index contributed by atoms with van der Waals surface area (Å²) >= 11 is 0. The number of hydrogen-bond acceptors (Lipinski definition) is 3. The molecule has 0 saturated carbocycles. The Bertz CT molecular complexity index is 532. The highest BCUT2D eigenvalue weighted by molar-refractivity contribution is 6.04. The van der Waals surface area contributed by atoms with Crippen molar-refractivity contribution >= 4 is 11.6 Å². The third kappa shape index (κ3) is 2.20. The molecule has 17 heavy (non-hydrogen) atoms. The van der Waals surface area contributed by atoms with E-state index in [4.69, 9.17) is 4.42 Å². The van der Waals surface area contributed by atoms with Crippen molar-refractivity contribution in [1.29, 1.82) is 0 Å². The zero-order valence-electron chi connectivity index (χ0n) is 10.1. The molecule has 1 heterocycles. The van der Waals surface area contributed by atoms with Gasteiger partial charge in [-0.15, -0.1) is 0 Å². The number of hydrogen-bond donors (Lipinski definition) is 0. The SMILES string of the molecule is Cc1nc(C)c(C(=O)N(C)c2ccccc2)o1. The predicted molar refractivity (Wildman–Crippen MR) is 65.2 cm³/mol. The number of carbonyl (C=O) groups is 1. The summed E-state index contributed by atoms with van der Waals surface area (Å²) in [6, 6.07) is 9.42. The van der Waals surface area contributed by atoms with Crippen LogP contribution in [0.1, 0.15) is 22.1 Å². The van der Waals surface area contributed by atoms with Gasteiger partial charge in [0, 0.05) is 19.7 Å². The lowest BCUT2D eigenvalue weighted by atomic mass is 10.2. The summed E-state index contributed by atoms with van der Waals surface area (Å²) < 4.78 is 5.32. The molecular weight excluding hydrogens is 216 g/mol. The van der Waals surface area contributed by atoms with E-state index in [9.17, 15) is 4.79 Å². The normalized spacial score (nSPS) is 10.3. The maximum absolute atomic E-state index is 12.2. The third-order valence-corrected chi connectivity index (χ3v) is 2.55. The van der Waals surface area contributed by atoms with E-state index in [0.717, 1.165) is 5.69 Å². The molecule has 0 radical (unpaired) electrons. The Morgan fingerprint density at radius 3 is 2.41 bits per heavy atom. The van der Waals surface area contributed by atoms with Crippen molar-refractivity contribution in [1.82, 2.24) is 4.98 Å². The van der Waals surface area contributed by atoms with Crippen molar-refractivity contribution in [2.75, 3.05) is 11.9 Å². The maximum Gasteiger partial charge on any atom is 0.295 e. The van der Waals surface area contributed by atoms with Crippen LogP contribution in [0.4, 0.5) is 5.69 Å². The quantitative estimate of drug-likeness (QED) is 0.796. The molecule has 2 aromatic rings. The van der Waals surface area contributed by atoms with Gasteiger partial charge in [0.1, 0.15) is 0 Å². The Labute approximate surface area is 99.9 Å². The molecule has 0 N–H and O–H groups in total. The average molecular weight is 230 g/mol. The van der Waals surface area contributed by atoms with Gasteiger partial charge in [-0.3, -0.25) is 4.79 Å². The molecule has 1 aromatic carbocycles. The van der Waals surface area contributed by atoms with Crippen LogP contribution in [0, 0.1) is 13.8 Å². The molecule has 0 saturated heterocycles.